The van der Waals surface area contributed by atoms with Gasteiger partial charge in [-0.15, -0.1) is 0 Å². The van der Waals surface area contributed by atoms with Crippen molar-refractivity contribution in [1.82, 2.24) is 9.88 Å². The fourth-order valence-electron chi connectivity index (χ4n) is 3.13. The first-order valence-electron chi connectivity index (χ1n) is 9.24. The Labute approximate surface area is 154 Å². The van der Waals surface area contributed by atoms with Crippen molar-refractivity contribution in [2.24, 2.45) is 0 Å². The number of rotatable bonds is 0. The lowest BCUT2D eigenvalue weighted by atomic mass is 10.0. The van der Waals surface area contributed by atoms with E-state index in [1.807, 2.05) is 20.0 Å². The minimum atomic E-state index is -0.147. The summed E-state index contributed by atoms with van der Waals surface area (Å²) >= 11 is 3.41. The van der Waals surface area contributed by atoms with E-state index in [0.717, 1.165) is 36.0 Å². The number of pyridine rings is 1. The number of hydrogen-bond acceptors (Lipinski definition) is 3. The number of anilines is 1. The quantitative estimate of drug-likeness (QED) is 0.642. The number of nitrogens with one attached hydrogen (secondary N) is 1. The SMILES string of the molecule is C[C@H]1C(=O)Nc2nc(Br)ccc2CCCCCCCCCCN1C. The number of nitrogens with zero attached hydrogens (tertiary/aromatic N) is 2. The molecule has 0 spiro atoms. The van der Waals surface area contributed by atoms with Crippen molar-refractivity contribution in [2.45, 2.75) is 70.8 Å². The van der Waals surface area contributed by atoms with Crippen molar-refractivity contribution in [3.05, 3.63) is 22.3 Å². The molecular formula is C19H30BrN3O. The van der Waals surface area contributed by atoms with E-state index >= 15 is 0 Å². The number of likely N-dealkylation sites (N-methyl/N-ethyl adjacent to an activating group) is 1. The van der Waals surface area contributed by atoms with Crippen LogP contribution in [0.25, 0.3) is 0 Å². The van der Waals surface area contributed by atoms with E-state index in [1.54, 1.807) is 0 Å². The third kappa shape index (κ3) is 6.17. The van der Waals surface area contributed by atoms with Crippen LogP contribution in [0.3, 0.4) is 0 Å². The van der Waals surface area contributed by atoms with E-state index in [9.17, 15) is 4.79 Å². The fourth-order valence-corrected chi connectivity index (χ4v) is 3.44. The van der Waals surface area contributed by atoms with Gasteiger partial charge in [-0.2, -0.15) is 0 Å². The zero-order valence-corrected chi connectivity index (χ0v) is 16.6. The van der Waals surface area contributed by atoms with Crippen LogP contribution in [0.5, 0.6) is 0 Å². The van der Waals surface area contributed by atoms with E-state index in [-0.39, 0.29) is 11.9 Å². The van der Waals surface area contributed by atoms with E-state index < -0.39 is 0 Å². The van der Waals surface area contributed by atoms with Crippen LogP contribution in [-0.4, -0.2) is 35.4 Å². The molecule has 0 aliphatic carbocycles. The van der Waals surface area contributed by atoms with Crippen molar-refractivity contribution in [1.29, 1.82) is 0 Å². The Morgan fingerprint density at radius 3 is 2.42 bits per heavy atom. The van der Waals surface area contributed by atoms with Crippen molar-refractivity contribution in [2.75, 3.05) is 18.9 Å². The molecule has 0 bridgehead atoms. The molecule has 2 heterocycles. The van der Waals surface area contributed by atoms with Crippen LogP contribution >= 0.6 is 15.9 Å². The number of carbonyl (C=O) groups excluding carboxylic acids is 1. The molecule has 0 unspecified atom stereocenters. The molecule has 1 N–H and O–H groups in total. The number of hydrogen-bond donors (Lipinski definition) is 1. The predicted octanol–water partition coefficient (Wildman–Crippen LogP) is 4.78. The maximum atomic E-state index is 12.6. The summed E-state index contributed by atoms with van der Waals surface area (Å²) in [7, 11) is 2.03. The van der Waals surface area contributed by atoms with Crippen LogP contribution in [0.15, 0.2) is 16.7 Å². The molecule has 0 aromatic carbocycles. The van der Waals surface area contributed by atoms with Crippen LogP contribution in [0.4, 0.5) is 5.82 Å². The molecule has 1 aromatic rings. The summed E-state index contributed by atoms with van der Waals surface area (Å²) in [6.07, 6.45) is 11.1. The number of amides is 1. The smallest absolute Gasteiger partial charge is 0.242 e. The van der Waals surface area contributed by atoms with Crippen LogP contribution in [0.2, 0.25) is 0 Å². The Bertz CT molecular complexity index is 535. The van der Waals surface area contributed by atoms with Crippen LogP contribution in [0.1, 0.15) is 63.9 Å². The highest BCUT2D eigenvalue weighted by molar-refractivity contribution is 9.10. The summed E-state index contributed by atoms with van der Waals surface area (Å²) in [5, 5.41) is 3.04. The molecule has 134 valence electrons. The van der Waals surface area contributed by atoms with Gasteiger partial charge in [0.25, 0.3) is 0 Å². The van der Waals surface area contributed by atoms with Crippen molar-refractivity contribution < 1.29 is 4.79 Å². The zero-order valence-electron chi connectivity index (χ0n) is 15.0. The highest BCUT2D eigenvalue weighted by atomic mass is 79.9. The molecule has 1 aliphatic heterocycles. The number of halogens is 1. The van der Waals surface area contributed by atoms with Gasteiger partial charge < -0.3 is 5.32 Å². The van der Waals surface area contributed by atoms with Gasteiger partial charge in [0.05, 0.1) is 6.04 Å². The average molecular weight is 396 g/mol. The van der Waals surface area contributed by atoms with Crippen LogP contribution in [-0.2, 0) is 11.2 Å². The Balaban J connectivity index is 2.10. The summed E-state index contributed by atoms with van der Waals surface area (Å²) in [4.78, 5) is 19.2. The Hall–Kier alpha value is -0.940. The zero-order chi connectivity index (χ0) is 17.4. The molecule has 4 nitrogen and oxygen atoms in total. The third-order valence-corrected chi connectivity index (χ3v) is 5.38. The largest absolute Gasteiger partial charge is 0.309 e. The first kappa shape index (κ1) is 19.4. The second-order valence-corrected chi connectivity index (χ2v) is 7.68. The number of fused-ring (bicyclic) bond motifs is 1. The van der Waals surface area contributed by atoms with Crippen LogP contribution < -0.4 is 5.32 Å². The maximum Gasteiger partial charge on any atom is 0.242 e. The van der Waals surface area contributed by atoms with Gasteiger partial charge in [0.1, 0.15) is 10.4 Å². The number of aryl methyl sites for hydroxylation is 1. The minimum absolute atomic E-state index is 0.0245. The Kier molecular flexibility index (Phi) is 8.19. The van der Waals surface area contributed by atoms with Gasteiger partial charge in [-0.25, -0.2) is 4.98 Å². The third-order valence-electron chi connectivity index (χ3n) is 4.93. The molecule has 1 aliphatic rings. The summed E-state index contributed by atoms with van der Waals surface area (Å²) in [5.74, 6) is 0.734. The summed E-state index contributed by atoms with van der Waals surface area (Å²) in [6.45, 7) is 2.93. The molecule has 2 rings (SSSR count). The van der Waals surface area contributed by atoms with Crippen molar-refractivity contribution >= 4 is 27.7 Å². The lowest BCUT2D eigenvalue weighted by Gasteiger charge is -2.24. The second kappa shape index (κ2) is 10.1. The molecule has 0 fully saturated rings. The maximum absolute atomic E-state index is 12.6. The molecule has 24 heavy (non-hydrogen) atoms. The van der Waals surface area contributed by atoms with Crippen molar-refractivity contribution in [3.63, 3.8) is 0 Å². The van der Waals surface area contributed by atoms with Gasteiger partial charge in [0.2, 0.25) is 5.91 Å². The second-order valence-electron chi connectivity index (χ2n) is 6.87. The molecule has 1 amide bonds. The molecule has 0 saturated carbocycles. The first-order valence-corrected chi connectivity index (χ1v) is 10.0. The summed E-state index contributed by atoms with van der Waals surface area (Å²) in [5.41, 5.74) is 1.13. The standard InChI is InChI=1S/C19H30BrN3O/c1-15-19(24)22-18-16(12-13-17(20)21-18)11-9-7-5-3-4-6-8-10-14-23(15)2/h12-13,15H,3-11,14H2,1-2H3,(H,21,22,24)/t15-/m0/s1. The lowest BCUT2D eigenvalue weighted by molar-refractivity contribution is -0.120. The van der Waals surface area contributed by atoms with Gasteiger partial charge in [-0.1, -0.05) is 44.6 Å². The monoisotopic (exact) mass is 395 g/mol. The molecular weight excluding hydrogens is 366 g/mol. The van der Waals surface area contributed by atoms with Crippen LogP contribution in [0, 0.1) is 0 Å². The first-order chi connectivity index (χ1) is 11.6. The van der Waals surface area contributed by atoms with Crippen molar-refractivity contribution in [3.8, 4) is 0 Å². The molecule has 1 aromatic heterocycles. The normalized spacial score (nSPS) is 22.6. The summed E-state index contributed by atoms with van der Waals surface area (Å²) < 4.78 is 0.761. The van der Waals surface area contributed by atoms with Gasteiger partial charge >= 0.3 is 0 Å². The Morgan fingerprint density at radius 2 is 1.71 bits per heavy atom. The van der Waals surface area contributed by atoms with E-state index in [0.29, 0.717) is 5.82 Å². The van der Waals surface area contributed by atoms with E-state index in [4.69, 9.17) is 0 Å². The van der Waals surface area contributed by atoms with Gasteiger partial charge in [-0.05, 0) is 67.3 Å². The van der Waals surface area contributed by atoms with E-state index in [1.165, 1.54) is 38.5 Å². The minimum Gasteiger partial charge on any atom is -0.309 e. The molecule has 0 saturated heterocycles. The number of carbonyl (C=O) groups is 1. The highest BCUT2D eigenvalue weighted by Gasteiger charge is 2.19. The fraction of sp³-hybridized carbons (Fsp3) is 0.684. The van der Waals surface area contributed by atoms with Gasteiger partial charge in [0.15, 0.2) is 0 Å². The molecule has 0 radical (unpaired) electrons. The Morgan fingerprint density at radius 1 is 1.08 bits per heavy atom. The topological polar surface area (TPSA) is 45.2 Å². The average Bonchev–Trinajstić information content (AvgIpc) is 2.56. The van der Waals surface area contributed by atoms with Gasteiger partial charge in [0, 0.05) is 0 Å². The van der Waals surface area contributed by atoms with E-state index in [2.05, 4.69) is 37.2 Å². The molecule has 5 heteroatoms. The lowest BCUT2D eigenvalue weighted by Crippen LogP contribution is -2.40. The highest BCUT2D eigenvalue weighted by Crippen LogP contribution is 2.21. The predicted molar refractivity (Wildman–Crippen MR) is 103 cm³/mol. The summed E-state index contributed by atoms with van der Waals surface area (Å²) in [6, 6.07) is 3.88. The number of aromatic nitrogens is 1. The molecule has 1 atom stereocenters. The van der Waals surface area contributed by atoms with Gasteiger partial charge in [-0.3, -0.25) is 9.69 Å².